The molecule has 1 aromatic carbocycles. The number of benzene rings is 1. The number of piperidine rings is 1. The third-order valence-electron chi connectivity index (χ3n) is 5.30. The van der Waals surface area contributed by atoms with Gasteiger partial charge in [-0.1, -0.05) is 18.5 Å². The van der Waals surface area contributed by atoms with Crippen LogP contribution in [0.25, 0.3) is 0 Å². The number of rotatable bonds is 5. The number of anilines is 1. The predicted octanol–water partition coefficient (Wildman–Crippen LogP) is 3.75. The molecule has 152 valence electrons. The summed E-state index contributed by atoms with van der Waals surface area (Å²) in [5.74, 6) is 0.145. The maximum absolute atomic E-state index is 13.1. The normalized spacial score (nSPS) is 20.9. The van der Waals surface area contributed by atoms with E-state index in [0.29, 0.717) is 29.1 Å². The summed E-state index contributed by atoms with van der Waals surface area (Å²) in [6.07, 6.45) is 3.37. The van der Waals surface area contributed by atoms with Gasteiger partial charge in [-0.25, -0.2) is 8.42 Å². The molecule has 0 saturated carbocycles. The third kappa shape index (κ3) is 3.84. The van der Waals surface area contributed by atoms with E-state index >= 15 is 0 Å². The lowest BCUT2D eigenvalue weighted by atomic mass is 10.0. The molecule has 0 radical (unpaired) electrons. The van der Waals surface area contributed by atoms with E-state index in [0.717, 1.165) is 19.3 Å². The molecule has 1 aromatic heterocycles. The summed E-state index contributed by atoms with van der Waals surface area (Å²) >= 11 is 0. The Morgan fingerprint density at radius 3 is 2.39 bits per heavy atom. The van der Waals surface area contributed by atoms with Gasteiger partial charge in [0, 0.05) is 17.8 Å². The van der Waals surface area contributed by atoms with Crippen LogP contribution in [0, 0.1) is 6.92 Å². The van der Waals surface area contributed by atoms with Crippen molar-refractivity contribution in [2.24, 2.45) is 0 Å². The van der Waals surface area contributed by atoms with Crippen molar-refractivity contribution in [3.63, 3.8) is 0 Å². The second-order valence-electron chi connectivity index (χ2n) is 7.36. The van der Waals surface area contributed by atoms with Gasteiger partial charge in [0.2, 0.25) is 10.0 Å². The number of aryl methyl sites for hydroxylation is 2. The summed E-state index contributed by atoms with van der Waals surface area (Å²) in [6, 6.07) is 6.27. The van der Waals surface area contributed by atoms with E-state index in [1.54, 1.807) is 35.5 Å². The van der Waals surface area contributed by atoms with Crippen LogP contribution < -0.4 is 5.32 Å². The molecule has 0 spiro atoms. The molecule has 0 bridgehead atoms. The minimum absolute atomic E-state index is 0.0165. The molecule has 2 atom stereocenters. The summed E-state index contributed by atoms with van der Waals surface area (Å²) in [7, 11) is -3.57. The number of amides is 1. The van der Waals surface area contributed by atoms with Crippen LogP contribution in [0.5, 0.6) is 0 Å². The maximum atomic E-state index is 13.1. The standard InChI is InChI=1S/C20H27N3O4S/c1-5-18-19(15(4)27-22-18)20(24)21-16-9-11-17(12-10-16)28(25,26)23-13(2)7-6-8-14(23)3/h9-14H,5-8H2,1-4H3,(H,21,24). The number of hydrogen-bond acceptors (Lipinski definition) is 5. The summed E-state index contributed by atoms with van der Waals surface area (Å²) in [5.41, 5.74) is 1.55. The quantitative estimate of drug-likeness (QED) is 0.818. The number of sulfonamides is 1. The van der Waals surface area contributed by atoms with Crippen molar-refractivity contribution in [2.45, 2.75) is 70.4 Å². The first-order valence-corrected chi connectivity index (χ1v) is 11.1. The highest BCUT2D eigenvalue weighted by Crippen LogP contribution is 2.30. The van der Waals surface area contributed by atoms with Gasteiger partial charge < -0.3 is 9.84 Å². The number of hydrogen-bond donors (Lipinski definition) is 1. The lowest BCUT2D eigenvalue weighted by molar-refractivity contribution is 0.102. The molecule has 2 unspecified atom stereocenters. The molecule has 1 aliphatic rings. The SMILES string of the molecule is CCc1noc(C)c1C(=O)Nc1ccc(S(=O)(=O)N2C(C)CCCC2C)cc1. The average Bonchev–Trinajstić information content (AvgIpc) is 3.02. The monoisotopic (exact) mass is 405 g/mol. The number of aromatic nitrogens is 1. The highest BCUT2D eigenvalue weighted by atomic mass is 32.2. The molecule has 1 saturated heterocycles. The Balaban J connectivity index is 1.80. The Bertz CT molecular complexity index is 940. The Kier molecular flexibility index (Phi) is 5.90. The van der Waals surface area contributed by atoms with Gasteiger partial charge in [0.15, 0.2) is 0 Å². The molecule has 1 N–H and O–H groups in total. The van der Waals surface area contributed by atoms with E-state index in [-0.39, 0.29) is 22.9 Å². The van der Waals surface area contributed by atoms with E-state index in [1.807, 2.05) is 20.8 Å². The topological polar surface area (TPSA) is 92.5 Å². The van der Waals surface area contributed by atoms with Crippen LogP contribution in [0.15, 0.2) is 33.7 Å². The minimum Gasteiger partial charge on any atom is -0.361 e. The molecule has 3 rings (SSSR count). The Morgan fingerprint density at radius 2 is 1.82 bits per heavy atom. The minimum atomic E-state index is -3.57. The van der Waals surface area contributed by atoms with Gasteiger partial charge in [-0.15, -0.1) is 0 Å². The molecule has 0 aliphatic carbocycles. The number of nitrogens with zero attached hydrogens (tertiary/aromatic N) is 2. The van der Waals surface area contributed by atoms with Crippen LogP contribution in [0.3, 0.4) is 0 Å². The molecule has 1 fully saturated rings. The molecule has 2 aromatic rings. The first kappa shape index (κ1) is 20.5. The fourth-order valence-corrected chi connectivity index (χ4v) is 5.73. The molecule has 1 amide bonds. The van der Waals surface area contributed by atoms with E-state index in [4.69, 9.17) is 4.52 Å². The first-order valence-electron chi connectivity index (χ1n) is 9.65. The van der Waals surface area contributed by atoms with Crippen LogP contribution in [-0.4, -0.2) is 35.9 Å². The van der Waals surface area contributed by atoms with Gasteiger partial charge in [0.25, 0.3) is 5.91 Å². The van der Waals surface area contributed by atoms with Gasteiger partial charge in [-0.2, -0.15) is 4.31 Å². The van der Waals surface area contributed by atoms with Gasteiger partial charge in [-0.3, -0.25) is 4.79 Å². The first-order chi connectivity index (χ1) is 13.3. The number of carbonyl (C=O) groups excluding carboxylic acids is 1. The zero-order chi connectivity index (χ0) is 20.5. The van der Waals surface area contributed by atoms with Crippen LogP contribution in [-0.2, 0) is 16.4 Å². The fourth-order valence-electron chi connectivity index (χ4n) is 3.85. The summed E-state index contributed by atoms with van der Waals surface area (Å²) < 4.78 is 32.9. The molecule has 2 heterocycles. The average molecular weight is 406 g/mol. The zero-order valence-electron chi connectivity index (χ0n) is 16.7. The Morgan fingerprint density at radius 1 is 1.21 bits per heavy atom. The van der Waals surface area contributed by atoms with Gasteiger partial charge in [-0.05, 0) is 64.3 Å². The highest BCUT2D eigenvalue weighted by molar-refractivity contribution is 7.89. The Labute approximate surface area is 166 Å². The summed E-state index contributed by atoms with van der Waals surface area (Å²) in [5, 5.41) is 6.68. The predicted molar refractivity (Wildman–Crippen MR) is 107 cm³/mol. The van der Waals surface area contributed by atoms with E-state index < -0.39 is 10.0 Å². The molecule has 7 nitrogen and oxygen atoms in total. The number of carbonyl (C=O) groups is 1. The van der Waals surface area contributed by atoms with Crippen LogP contribution in [0.4, 0.5) is 5.69 Å². The second-order valence-corrected chi connectivity index (χ2v) is 9.20. The van der Waals surface area contributed by atoms with Crippen molar-refractivity contribution >= 4 is 21.6 Å². The maximum Gasteiger partial charge on any atom is 0.261 e. The highest BCUT2D eigenvalue weighted by Gasteiger charge is 2.35. The Hall–Kier alpha value is -2.19. The van der Waals surface area contributed by atoms with Crippen molar-refractivity contribution in [1.29, 1.82) is 0 Å². The van der Waals surface area contributed by atoms with Crippen LogP contribution in [0.1, 0.15) is 61.8 Å². The van der Waals surface area contributed by atoms with Gasteiger partial charge in [0.1, 0.15) is 11.3 Å². The fraction of sp³-hybridized carbons (Fsp3) is 0.500. The molecule has 28 heavy (non-hydrogen) atoms. The van der Waals surface area contributed by atoms with Crippen molar-refractivity contribution in [2.75, 3.05) is 5.32 Å². The van der Waals surface area contributed by atoms with E-state index in [9.17, 15) is 13.2 Å². The van der Waals surface area contributed by atoms with Crippen molar-refractivity contribution in [3.05, 3.63) is 41.3 Å². The molecular formula is C20H27N3O4S. The summed E-state index contributed by atoms with van der Waals surface area (Å²) in [6.45, 7) is 7.50. The largest absolute Gasteiger partial charge is 0.361 e. The molecular weight excluding hydrogens is 378 g/mol. The van der Waals surface area contributed by atoms with Crippen molar-refractivity contribution in [1.82, 2.24) is 9.46 Å². The second kappa shape index (κ2) is 8.05. The molecule has 1 aliphatic heterocycles. The smallest absolute Gasteiger partial charge is 0.261 e. The third-order valence-corrected chi connectivity index (χ3v) is 7.44. The zero-order valence-corrected chi connectivity index (χ0v) is 17.5. The molecule has 8 heteroatoms. The van der Waals surface area contributed by atoms with Crippen molar-refractivity contribution < 1.29 is 17.7 Å². The van der Waals surface area contributed by atoms with Gasteiger partial charge in [0.05, 0.1) is 10.6 Å². The number of nitrogens with one attached hydrogen (secondary N) is 1. The lowest BCUT2D eigenvalue weighted by Crippen LogP contribution is -2.47. The van der Waals surface area contributed by atoms with Crippen LogP contribution >= 0.6 is 0 Å². The lowest BCUT2D eigenvalue weighted by Gasteiger charge is -2.37. The van der Waals surface area contributed by atoms with Crippen LogP contribution in [0.2, 0.25) is 0 Å². The van der Waals surface area contributed by atoms with E-state index in [2.05, 4.69) is 10.5 Å². The van der Waals surface area contributed by atoms with E-state index in [1.165, 1.54) is 0 Å². The van der Waals surface area contributed by atoms with Gasteiger partial charge >= 0.3 is 0 Å². The summed E-state index contributed by atoms with van der Waals surface area (Å²) in [4.78, 5) is 12.8. The van der Waals surface area contributed by atoms with Crippen molar-refractivity contribution in [3.8, 4) is 0 Å².